The summed E-state index contributed by atoms with van der Waals surface area (Å²) in [6.07, 6.45) is 2.71. The molecule has 0 fully saturated rings. The van der Waals surface area contributed by atoms with Crippen molar-refractivity contribution in [2.24, 2.45) is 0 Å². The number of nitrogens with one attached hydrogen (secondary N) is 1. The van der Waals surface area contributed by atoms with Crippen LogP contribution in [0.25, 0.3) is 0 Å². The van der Waals surface area contributed by atoms with Gasteiger partial charge in [-0.1, -0.05) is 18.5 Å². The first kappa shape index (κ1) is 18.4. The molecule has 0 aliphatic carbocycles. The summed E-state index contributed by atoms with van der Waals surface area (Å²) in [5.41, 5.74) is 1.44. The molecule has 0 unspecified atom stereocenters. The molecular formula is C18H18ClNO3S. The van der Waals surface area contributed by atoms with E-state index in [0.717, 1.165) is 11.3 Å². The Bertz CT molecular complexity index is 732. The topological polar surface area (TPSA) is 55.4 Å². The van der Waals surface area contributed by atoms with Gasteiger partial charge in [-0.25, -0.2) is 4.79 Å². The third-order valence-corrected chi connectivity index (χ3v) is 4.29. The van der Waals surface area contributed by atoms with E-state index in [0.29, 0.717) is 28.4 Å². The first-order valence-corrected chi connectivity index (χ1v) is 9.07. The Morgan fingerprint density at radius 2 is 1.88 bits per heavy atom. The summed E-state index contributed by atoms with van der Waals surface area (Å²) in [6.45, 7) is 2.32. The van der Waals surface area contributed by atoms with Gasteiger partial charge >= 0.3 is 5.97 Å². The lowest BCUT2D eigenvalue weighted by atomic mass is 10.2. The lowest BCUT2D eigenvalue weighted by Gasteiger charge is -2.09. The van der Waals surface area contributed by atoms with E-state index < -0.39 is 0 Å². The third-order valence-electron chi connectivity index (χ3n) is 3.23. The van der Waals surface area contributed by atoms with Gasteiger partial charge in [0.2, 0.25) is 0 Å². The van der Waals surface area contributed by atoms with Crippen LogP contribution in [0, 0.1) is 0 Å². The maximum absolute atomic E-state index is 12.4. The summed E-state index contributed by atoms with van der Waals surface area (Å²) in [5, 5.41) is 3.17. The zero-order valence-electron chi connectivity index (χ0n) is 13.5. The molecule has 0 saturated heterocycles. The average molecular weight is 364 g/mol. The van der Waals surface area contributed by atoms with Gasteiger partial charge in [0.25, 0.3) is 5.91 Å². The molecule has 0 atom stereocenters. The Labute approximate surface area is 150 Å². The van der Waals surface area contributed by atoms with Crippen LogP contribution < -0.4 is 5.32 Å². The van der Waals surface area contributed by atoms with Crippen LogP contribution in [0.1, 0.15) is 34.1 Å². The van der Waals surface area contributed by atoms with Crippen LogP contribution in [0.15, 0.2) is 47.4 Å². The molecule has 0 aliphatic rings. The van der Waals surface area contributed by atoms with Crippen LogP contribution in [0.2, 0.25) is 5.02 Å². The van der Waals surface area contributed by atoms with Crippen LogP contribution in [0.4, 0.5) is 5.69 Å². The number of thioether (sulfide) groups is 1. The molecule has 0 radical (unpaired) electrons. The van der Waals surface area contributed by atoms with Gasteiger partial charge in [0.1, 0.15) is 0 Å². The molecule has 126 valence electrons. The van der Waals surface area contributed by atoms with Gasteiger partial charge in [-0.2, -0.15) is 0 Å². The predicted octanol–water partition coefficient (Wildman–Crippen LogP) is 4.88. The summed E-state index contributed by atoms with van der Waals surface area (Å²) in [5.74, 6) is -0.664. The van der Waals surface area contributed by atoms with Crippen molar-refractivity contribution in [2.45, 2.75) is 18.2 Å². The number of amides is 1. The quantitative estimate of drug-likeness (QED) is 0.587. The number of carbonyl (C=O) groups is 2. The number of halogens is 1. The summed E-state index contributed by atoms with van der Waals surface area (Å²) < 4.78 is 5.06. The van der Waals surface area contributed by atoms with E-state index in [1.807, 2.05) is 19.2 Å². The van der Waals surface area contributed by atoms with E-state index in [1.165, 1.54) is 11.8 Å². The van der Waals surface area contributed by atoms with Crippen molar-refractivity contribution in [3.05, 3.63) is 58.6 Å². The summed E-state index contributed by atoms with van der Waals surface area (Å²) in [6, 6.07) is 11.9. The minimum Gasteiger partial charge on any atom is -0.462 e. The van der Waals surface area contributed by atoms with Gasteiger partial charge < -0.3 is 10.1 Å². The van der Waals surface area contributed by atoms with Crippen molar-refractivity contribution in [3.63, 3.8) is 0 Å². The van der Waals surface area contributed by atoms with E-state index in [1.54, 1.807) is 36.4 Å². The van der Waals surface area contributed by atoms with Gasteiger partial charge in [0, 0.05) is 10.6 Å². The maximum atomic E-state index is 12.4. The highest BCUT2D eigenvalue weighted by Gasteiger charge is 2.12. The standard InChI is InChI=1S/C18H18ClNO3S/c1-3-10-23-18(22)12-4-6-13(7-5-12)20-17(21)15-11-14(24-2)8-9-16(15)19/h4-9,11H,3,10H2,1-2H3,(H,20,21). The van der Waals surface area contributed by atoms with Crippen molar-refractivity contribution < 1.29 is 14.3 Å². The summed E-state index contributed by atoms with van der Waals surface area (Å²) in [4.78, 5) is 25.1. The van der Waals surface area contributed by atoms with Crippen LogP contribution >= 0.6 is 23.4 Å². The minimum atomic E-state index is -0.370. The molecule has 1 N–H and O–H groups in total. The molecule has 2 aromatic rings. The molecule has 6 heteroatoms. The lowest BCUT2D eigenvalue weighted by Crippen LogP contribution is -2.13. The zero-order chi connectivity index (χ0) is 17.5. The molecule has 4 nitrogen and oxygen atoms in total. The second-order valence-corrected chi connectivity index (χ2v) is 6.30. The second-order valence-electron chi connectivity index (χ2n) is 5.01. The Hall–Kier alpha value is -1.98. The van der Waals surface area contributed by atoms with Gasteiger partial charge in [0.05, 0.1) is 22.8 Å². The molecule has 0 spiro atoms. The summed E-state index contributed by atoms with van der Waals surface area (Å²) in [7, 11) is 0. The molecule has 0 saturated carbocycles. The lowest BCUT2D eigenvalue weighted by molar-refractivity contribution is 0.0505. The van der Waals surface area contributed by atoms with Crippen molar-refractivity contribution >= 4 is 40.9 Å². The van der Waals surface area contributed by atoms with E-state index >= 15 is 0 Å². The monoisotopic (exact) mass is 363 g/mol. The van der Waals surface area contributed by atoms with E-state index in [4.69, 9.17) is 16.3 Å². The van der Waals surface area contributed by atoms with Gasteiger partial charge in [-0.3, -0.25) is 4.79 Å². The Balaban J connectivity index is 2.08. The second kappa shape index (κ2) is 8.76. The molecular weight excluding hydrogens is 346 g/mol. The maximum Gasteiger partial charge on any atom is 0.338 e. The minimum absolute atomic E-state index is 0.294. The molecule has 24 heavy (non-hydrogen) atoms. The normalized spacial score (nSPS) is 10.3. The van der Waals surface area contributed by atoms with Crippen LogP contribution in [0.5, 0.6) is 0 Å². The fourth-order valence-electron chi connectivity index (χ4n) is 1.97. The Kier molecular flexibility index (Phi) is 6.70. The highest BCUT2D eigenvalue weighted by molar-refractivity contribution is 7.98. The molecule has 2 rings (SSSR count). The largest absolute Gasteiger partial charge is 0.462 e. The van der Waals surface area contributed by atoms with Crippen LogP contribution in [-0.4, -0.2) is 24.7 Å². The number of hydrogen-bond acceptors (Lipinski definition) is 4. The van der Waals surface area contributed by atoms with E-state index in [2.05, 4.69) is 5.32 Å². The number of hydrogen-bond donors (Lipinski definition) is 1. The molecule has 0 heterocycles. The molecule has 1 amide bonds. The number of anilines is 1. The first-order valence-electron chi connectivity index (χ1n) is 7.47. The smallest absolute Gasteiger partial charge is 0.338 e. The van der Waals surface area contributed by atoms with Crippen molar-refractivity contribution in [1.82, 2.24) is 0 Å². The number of esters is 1. The predicted molar refractivity (Wildman–Crippen MR) is 98.2 cm³/mol. The van der Waals surface area contributed by atoms with Gasteiger partial charge in [-0.05, 0) is 55.1 Å². The average Bonchev–Trinajstić information content (AvgIpc) is 2.60. The first-order chi connectivity index (χ1) is 11.5. The highest BCUT2D eigenvalue weighted by atomic mass is 35.5. The van der Waals surface area contributed by atoms with Crippen molar-refractivity contribution in [3.8, 4) is 0 Å². The third kappa shape index (κ3) is 4.76. The molecule has 0 aliphatic heterocycles. The van der Waals surface area contributed by atoms with Crippen LogP contribution in [-0.2, 0) is 4.74 Å². The van der Waals surface area contributed by atoms with Gasteiger partial charge in [0.15, 0.2) is 0 Å². The SMILES string of the molecule is CCCOC(=O)c1ccc(NC(=O)c2cc(SC)ccc2Cl)cc1. The fraction of sp³-hybridized carbons (Fsp3) is 0.222. The van der Waals surface area contributed by atoms with E-state index in [-0.39, 0.29) is 11.9 Å². The number of rotatable bonds is 6. The van der Waals surface area contributed by atoms with Crippen molar-refractivity contribution in [1.29, 1.82) is 0 Å². The van der Waals surface area contributed by atoms with Crippen molar-refractivity contribution in [2.75, 3.05) is 18.2 Å². The number of benzene rings is 2. The molecule has 2 aromatic carbocycles. The Morgan fingerprint density at radius 1 is 1.17 bits per heavy atom. The molecule has 0 aromatic heterocycles. The van der Waals surface area contributed by atoms with Crippen LogP contribution in [0.3, 0.4) is 0 Å². The van der Waals surface area contributed by atoms with E-state index in [9.17, 15) is 9.59 Å². The number of ether oxygens (including phenoxy) is 1. The fourth-order valence-corrected chi connectivity index (χ4v) is 2.61. The highest BCUT2D eigenvalue weighted by Crippen LogP contribution is 2.24. The number of carbonyl (C=O) groups excluding carboxylic acids is 2. The molecule has 0 bridgehead atoms. The van der Waals surface area contributed by atoms with Gasteiger partial charge in [-0.15, -0.1) is 11.8 Å². The summed E-state index contributed by atoms with van der Waals surface area (Å²) >= 11 is 7.64. The zero-order valence-corrected chi connectivity index (χ0v) is 15.0. The Morgan fingerprint density at radius 3 is 2.50 bits per heavy atom.